The lowest BCUT2D eigenvalue weighted by atomic mass is 9.85. The Kier molecular flexibility index (Phi) is 4.97. The molecule has 0 radical (unpaired) electrons. The van der Waals surface area contributed by atoms with E-state index in [1.807, 2.05) is 27.7 Å². The lowest BCUT2D eigenvalue weighted by molar-refractivity contribution is -0.148. The summed E-state index contributed by atoms with van der Waals surface area (Å²) in [5.41, 5.74) is -1.31. The molecule has 0 aromatic heterocycles. The number of carboxylic acid groups (broad SMARTS) is 1. The minimum Gasteiger partial charge on any atom is -0.481 e. The summed E-state index contributed by atoms with van der Waals surface area (Å²) >= 11 is 0. The van der Waals surface area contributed by atoms with Gasteiger partial charge in [0.2, 0.25) is 5.91 Å². The van der Waals surface area contributed by atoms with Crippen LogP contribution in [0.2, 0.25) is 0 Å². The van der Waals surface area contributed by atoms with Gasteiger partial charge >= 0.3 is 5.97 Å². The Morgan fingerprint density at radius 3 is 1.94 bits per heavy atom. The largest absolute Gasteiger partial charge is 0.481 e. The third-order valence-corrected chi connectivity index (χ3v) is 3.43. The number of hydrogen-bond donors (Lipinski definition) is 2. The van der Waals surface area contributed by atoms with Gasteiger partial charge in [-0.2, -0.15) is 0 Å². The van der Waals surface area contributed by atoms with E-state index in [0.29, 0.717) is 6.42 Å². The molecule has 2 N–H and O–H groups in total. The number of carboxylic acids is 1. The van der Waals surface area contributed by atoms with Crippen LogP contribution in [0.3, 0.4) is 0 Å². The second-order valence-electron chi connectivity index (χ2n) is 5.14. The third-order valence-electron chi connectivity index (χ3n) is 3.43. The van der Waals surface area contributed by atoms with Gasteiger partial charge in [-0.3, -0.25) is 9.59 Å². The molecule has 0 bridgehead atoms. The maximum atomic E-state index is 11.8. The van der Waals surface area contributed by atoms with Gasteiger partial charge in [-0.25, -0.2) is 0 Å². The van der Waals surface area contributed by atoms with Crippen molar-refractivity contribution >= 4 is 11.9 Å². The maximum Gasteiger partial charge on any atom is 0.311 e. The predicted molar refractivity (Wildman–Crippen MR) is 63.1 cm³/mol. The fraction of sp³-hybridized carbons (Fsp3) is 0.833. The number of amides is 1. The normalized spacial score (nSPS) is 15.3. The molecule has 16 heavy (non-hydrogen) atoms. The smallest absolute Gasteiger partial charge is 0.311 e. The lowest BCUT2D eigenvalue weighted by Crippen LogP contribution is -2.45. The number of rotatable bonds is 6. The number of carbonyl (C=O) groups is 2. The fourth-order valence-corrected chi connectivity index (χ4v) is 1.03. The minimum absolute atomic E-state index is 0.0871. The molecule has 0 saturated carbocycles. The number of nitrogens with one attached hydrogen (secondary N) is 1. The van der Waals surface area contributed by atoms with E-state index >= 15 is 0 Å². The molecule has 0 saturated heterocycles. The van der Waals surface area contributed by atoms with Crippen molar-refractivity contribution in [3.05, 3.63) is 0 Å². The molecule has 0 spiro atoms. The van der Waals surface area contributed by atoms with Crippen LogP contribution in [0.1, 0.15) is 47.5 Å². The second kappa shape index (κ2) is 5.32. The molecule has 0 aliphatic carbocycles. The molecule has 0 fully saturated rings. The molecule has 4 nitrogen and oxygen atoms in total. The highest BCUT2D eigenvalue weighted by molar-refractivity contribution is 5.83. The monoisotopic (exact) mass is 229 g/mol. The highest BCUT2D eigenvalue weighted by atomic mass is 16.4. The van der Waals surface area contributed by atoms with Crippen molar-refractivity contribution in [1.82, 2.24) is 5.32 Å². The molecule has 4 heteroatoms. The first-order valence-corrected chi connectivity index (χ1v) is 5.71. The van der Waals surface area contributed by atoms with Crippen LogP contribution in [-0.2, 0) is 9.59 Å². The van der Waals surface area contributed by atoms with Gasteiger partial charge in [-0.1, -0.05) is 27.7 Å². The van der Waals surface area contributed by atoms with Crippen LogP contribution in [-0.4, -0.2) is 23.5 Å². The van der Waals surface area contributed by atoms with Gasteiger partial charge in [0.1, 0.15) is 0 Å². The van der Waals surface area contributed by atoms with Crippen molar-refractivity contribution in [2.24, 2.45) is 10.8 Å². The van der Waals surface area contributed by atoms with E-state index in [1.54, 1.807) is 6.92 Å². The average Bonchev–Trinajstić information content (AvgIpc) is 2.24. The van der Waals surface area contributed by atoms with Crippen LogP contribution < -0.4 is 5.32 Å². The molecular weight excluding hydrogens is 206 g/mol. The standard InChI is InChI=1S/C12H23NO3/c1-6-11(3,4)9(14)13-8-12(5,7-2)10(15)16/h6-8H2,1-5H3,(H,13,14)(H,15,16). The zero-order chi connectivity index (χ0) is 13.0. The summed E-state index contributed by atoms with van der Waals surface area (Å²) in [7, 11) is 0. The first-order valence-electron chi connectivity index (χ1n) is 5.71. The molecule has 94 valence electrons. The molecule has 0 aliphatic heterocycles. The van der Waals surface area contributed by atoms with Gasteiger partial charge in [0.25, 0.3) is 0 Å². The summed E-state index contributed by atoms with van der Waals surface area (Å²) in [4.78, 5) is 22.8. The summed E-state index contributed by atoms with van der Waals surface area (Å²) in [6.45, 7) is 9.29. The Morgan fingerprint density at radius 1 is 1.12 bits per heavy atom. The van der Waals surface area contributed by atoms with Gasteiger partial charge < -0.3 is 10.4 Å². The predicted octanol–water partition coefficient (Wildman–Crippen LogP) is 2.04. The fourth-order valence-electron chi connectivity index (χ4n) is 1.03. The van der Waals surface area contributed by atoms with Crippen molar-refractivity contribution in [1.29, 1.82) is 0 Å². The molecule has 0 aromatic rings. The highest BCUT2D eigenvalue weighted by Crippen LogP contribution is 2.23. The zero-order valence-electron chi connectivity index (χ0n) is 10.9. The summed E-state index contributed by atoms with van der Waals surface area (Å²) in [5.74, 6) is -0.958. The van der Waals surface area contributed by atoms with Crippen LogP contribution in [0.5, 0.6) is 0 Å². The SMILES string of the molecule is CCC(C)(C)C(=O)NCC(C)(CC)C(=O)O. The zero-order valence-corrected chi connectivity index (χ0v) is 10.9. The summed E-state index contributed by atoms with van der Waals surface area (Å²) in [5, 5.41) is 11.8. The van der Waals surface area contributed by atoms with Gasteiger partial charge in [0.05, 0.1) is 5.41 Å². The quantitative estimate of drug-likeness (QED) is 0.732. The van der Waals surface area contributed by atoms with Gasteiger partial charge in [0.15, 0.2) is 0 Å². The van der Waals surface area contributed by atoms with Gasteiger partial charge in [0, 0.05) is 12.0 Å². The van der Waals surface area contributed by atoms with Crippen LogP contribution in [0.4, 0.5) is 0 Å². The first-order chi connectivity index (χ1) is 7.19. The van der Waals surface area contributed by atoms with E-state index in [9.17, 15) is 9.59 Å². The van der Waals surface area contributed by atoms with E-state index in [0.717, 1.165) is 6.42 Å². The average molecular weight is 229 g/mol. The Bertz CT molecular complexity index is 273. The summed E-state index contributed by atoms with van der Waals surface area (Å²) in [6.07, 6.45) is 1.23. The first kappa shape index (κ1) is 14.9. The summed E-state index contributed by atoms with van der Waals surface area (Å²) in [6, 6.07) is 0. The molecule has 1 unspecified atom stereocenters. The van der Waals surface area contributed by atoms with E-state index in [4.69, 9.17) is 5.11 Å². The van der Waals surface area contributed by atoms with E-state index in [-0.39, 0.29) is 12.5 Å². The van der Waals surface area contributed by atoms with Gasteiger partial charge in [-0.15, -0.1) is 0 Å². The van der Waals surface area contributed by atoms with Crippen molar-refractivity contribution in [3.63, 3.8) is 0 Å². The molecule has 1 atom stereocenters. The van der Waals surface area contributed by atoms with Crippen LogP contribution in [0.15, 0.2) is 0 Å². The maximum absolute atomic E-state index is 11.8. The van der Waals surface area contributed by atoms with Crippen LogP contribution in [0, 0.1) is 10.8 Å². The van der Waals surface area contributed by atoms with E-state index < -0.39 is 16.8 Å². The Morgan fingerprint density at radius 2 is 1.62 bits per heavy atom. The van der Waals surface area contributed by atoms with Crippen molar-refractivity contribution in [3.8, 4) is 0 Å². The topological polar surface area (TPSA) is 66.4 Å². The molecular formula is C12H23NO3. The number of hydrogen-bond acceptors (Lipinski definition) is 2. The molecule has 0 heterocycles. The van der Waals surface area contributed by atoms with Crippen molar-refractivity contribution < 1.29 is 14.7 Å². The van der Waals surface area contributed by atoms with E-state index in [1.165, 1.54) is 0 Å². The van der Waals surface area contributed by atoms with Crippen LogP contribution >= 0.6 is 0 Å². The second-order valence-corrected chi connectivity index (χ2v) is 5.14. The minimum atomic E-state index is -0.876. The van der Waals surface area contributed by atoms with E-state index in [2.05, 4.69) is 5.32 Å². The molecule has 1 amide bonds. The molecule has 0 rings (SSSR count). The Labute approximate surface area is 97.4 Å². The number of carbonyl (C=O) groups excluding carboxylic acids is 1. The van der Waals surface area contributed by atoms with Crippen molar-refractivity contribution in [2.45, 2.75) is 47.5 Å². The Balaban J connectivity index is 4.45. The Hall–Kier alpha value is -1.06. The molecule has 0 aliphatic rings. The van der Waals surface area contributed by atoms with Crippen LogP contribution in [0.25, 0.3) is 0 Å². The highest BCUT2D eigenvalue weighted by Gasteiger charge is 2.33. The van der Waals surface area contributed by atoms with Crippen molar-refractivity contribution in [2.75, 3.05) is 6.54 Å². The molecule has 0 aromatic carbocycles. The number of aliphatic carboxylic acids is 1. The summed E-state index contributed by atoms with van der Waals surface area (Å²) < 4.78 is 0. The lowest BCUT2D eigenvalue weighted by Gasteiger charge is -2.27. The third kappa shape index (κ3) is 3.51. The van der Waals surface area contributed by atoms with Gasteiger partial charge in [-0.05, 0) is 19.8 Å².